The van der Waals surface area contributed by atoms with E-state index in [2.05, 4.69) is 15.5 Å². The van der Waals surface area contributed by atoms with Gasteiger partial charge in [-0.05, 0) is 6.92 Å². The van der Waals surface area contributed by atoms with Gasteiger partial charge in [0, 0.05) is 13.5 Å². The second-order valence-electron chi connectivity index (χ2n) is 1.66. The number of anilines is 1. The van der Waals surface area contributed by atoms with Crippen LogP contribution in [-0.4, -0.2) is 16.7 Å². The van der Waals surface area contributed by atoms with E-state index in [1.165, 1.54) is 0 Å². The molecule has 0 atom stereocenters. The van der Waals surface area contributed by atoms with Gasteiger partial charge in [-0.15, -0.1) is 5.10 Å². The molecule has 0 bridgehead atoms. The quantitative estimate of drug-likeness (QED) is 0.711. The zero-order valence-electron chi connectivity index (χ0n) is 7.51. The van der Waals surface area contributed by atoms with Crippen molar-refractivity contribution in [1.29, 1.82) is 0 Å². The lowest BCUT2D eigenvalue weighted by Gasteiger charge is -1.89. The highest BCUT2D eigenvalue weighted by atomic mass is 16.4. The molecular formula is C7H15N3O. The summed E-state index contributed by atoms with van der Waals surface area (Å²) < 4.78 is 4.99. The number of nitrogens with zero attached hydrogens (tertiary/aromatic N) is 2. The van der Waals surface area contributed by atoms with Crippen LogP contribution in [0.5, 0.6) is 0 Å². The molecule has 1 aromatic rings. The predicted octanol–water partition coefficient (Wildman–Crippen LogP) is 1.84. The van der Waals surface area contributed by atoms with Crippen LogP contribution in [-0.2, 0) is 0 Å². The number of aryl methyl sites for hydroxylation is 1. The molecule has 1 heterocycles. The number of rotatable bonds is 2. The van der Waals surface area contributed by atoms with Gasteiger partial charge in [0.25, 0.3) is 0 Å². The summed E-state index contributed by atoms with van der Waals surface area (Å²) in [7, 11) is 0. The topological polar surface area (TPSA) is 51.0 Å². The minimum absolute atomic E-state index is 0.495. The van der Waals surface area contributed by atoms with Gasteiger partial charge in [0.05, 0.1) is 0 Å². The van der Waals surface area contributed by atoms with E-state index in [1.54, 1.807) is 6.92 Å². The Morgan fingerprint density at radius 3 is 2.36 bits per heavy atom. The highest BCUT2D eigenvalue weighted by Crippen LogP contribution is 2.01. The van der Waals surface area contributed by atoms with Crippen LogP contribution in [0.3, 0.4) is 0 Å². The van der Waals surface area contributed by atoms with Crippen LogP contribution >= 0.6 is 0 Å². The van der Waals surface area contributed by atoms with E-state index >= 15 is 0 Å². The molecule has 4 heteroatoms. The van der Waals surface area contributed by atoms with E-state index in [1.807, 2.05) is 20.8 Å². The fourth-order valence-corrected chi connectivity index (χ4v) is 0.519. The van der Waals surface area contributed by atoms with Crippen LogP contribution in [0.15, 0.2) is 4.42 Å². The number of aromatic nitrogens is 2. The van der Waals surface area contributed by atoms with Gasteiger partial charge in [-0.3, -0.25) is 0 Å². The first-order chi connectivity index (χ1) is 5.33. The van der Waals surface area contributed by atoms with Crippen molar-refractivity contribution in [2.45, 2.75) is 27.7 Å². The smallest absolute Gasteiger partial charge is 0.315 e. The molecule has 64 valence electrons. The Kier molecular flexibility index (Phi) is 5.15. The molecule has 0 amide bonds. The fourth-order valence-electron chi connectivity index (χ4n) is 0.519. The van der Waals surface area contributed by atoms with E-state index in [9.17, 15) is 0 Å². The zero-order valence-corrected chi connectivity index (χ0v) is 7.51. The highest BCUT2D eigenvalue weighted by Gasteiger charge is 1.96. The average molecular weight is 157 g/mol. The first-order valence-corrected chi connectivity index (χ1v) is 3.87. The van der Waals surface area contributed by atoms with Crippen LogP contribution in [0, 0.1) is 6.92 Å². The molecule has 11 heavy (non-hydrogen) atoms. The fraction of sp³-hybridized carbons (Fsp3) is 0.714. The largest absolute Gasteiger partial charge is 0.408 e. The van der Waals surface area contributed by atoms with Crippen molar-refractivity contribution in [2.24, 2.45) is 0 Å². The molecule has 0 aliphatic carbocycles. The molecular weight excluding hydrogens is 142 g/mol. The Labute approximate surface area is 67.0 Å². The van der Waals surface area contributed by atoms with Crippen molar-refractivity contribution < 1.29 is 4.42 Å². The summed E-state index contributed by atoms with van der Waals surface area (Å²) >= 11 is 0. The minimum Gasteiger partial charge on any atom is -0.408 e. The molecule has 0 aliphatic heterocycles. The summed E-state index contributed by atoms with van der Waals surface area (Å²) in [5.74, 6) is 0.589. The first kappa shape index (κ1) is 9.94. The Bertz CT molecular complexity index is 186. The third-order valence-electron chi connectivity index (χ3n) is 0.854. The SMILES string of the molecule is CC.CCNc1nnc(C)o1. The van der Waals surface area contributed by atoms with Crippen LogP contribution in [0.25, 0.3) is 0 Å². The zero-order chi connectivity index (χ0) is 8.69. The van der Waals surface area contributed by atoms with E-state index in [0.29, 0.717) is 11.9 Å². The number of hydrogen-bond donors (Lipinski definition) is 1. The molecule has 1 aromatic heterocycles. The second kappa shape index (κ2) is 5.70. The molecule has 0 saturated carbocycles. The molecule has 0 saturated heterocycles. The van der Waals surface area contributed by atoms with Gasteiger partial charge in [-0.1, -0.05) is 18.9 Å². The molecule has 0 aromatic carbocycles. The van der Waals surface area contributed by atoms with Gasteiger partial charge in [-0.2, -0.15) is 0 Å². The van der Waals surface area contributed by atoms with Crippen LogP contribution in [0.4, 0.5) is 6.01 Å². The average Bonchev–Trinajstić information content (AvgIpc) is 2.41. The number of nitrogens with one attached hydrogen (secondary N) is 1. The molecule has 0 unspecified atom stereocenters. The standard InChI is InChI=1S/C5H9N3O.C2H6/c1-3-6-5-8-7-4(2)9-5;1-2/h3H2,1-2H3,(H,6,8);1-2H3. The molecule has 0 fully saturated rings. The maximum Gasteiger partial charge on any atom is 0.315 e. The summed E-state index contributed by atoms with van der Waals surface area (Å²) in [5.41, 5.74) is 0. The van der Waals surface area contributed by atoms with Crippen molar-refractivity contribution in [3.63, 3.8) is 0 Å². The third kappa shape index (κ3) is 3.60. The summed E-state index contributed by atoms with van der Waals surface area (Å²) in [5, 5.41) is 10.2. The monoisotopic (exact) mass is 157 g/mol. The van der Waals surface area contributed by atoms with Crippen molar-refractivity contribution in [1.82, 2.24) is 10.2 Å². The normalized spacial score (nSPS) is 8.36. The molecule has 1 N–H and O–H groups in total. The Morgan fingerprint density at radius 2 is 2.00 bits per heavy atom. The van der Waals surface area contributed by atoms with Gasteiger partial charge in [0.2, 0.25) is 5.89 Å². The van der Waals surface area contributed by atoms with Crippen LogP contribution in [0.2, 0.25) is 0 Å². The lowest BCUT2D eigenvalue weighted by atomic mass is 10.7. The molecule has 4 nitrogen and oxygen atoms in total. The first-order valence-electron chi connectivity index (χ1n) is 3.87. The molecule has 0 radical (unpaired) electrons. The van der Waals surface area contributed by atoms with Gasteiger partial charge < -0.3 is 9.73 Å². The van der Waals surface area contributed by atoms with Gasteiger partial charge in [-0.25, -0.2) is 0 Å². The second-order valence-corrected chi connectivity index (χ2v) is 1.66. The minimum atomic E-state index is 0.495. The van der Waals surface area contributed by atoms with Gasteiger partial charge in [0.1, 0.15) is 0 Å². The van der Waals surface area contributed by atoms with Crippen molar-refractivity contribution in [3.8, 4) is 0 Å². The Hall–Kier alpha value is -1.06. The van der Waals surface area contributed by atoms with E-state index < -0.39 is 0 Å². The van der Waals surface area contributed by atoms with E-state index in [-0.39, 0.29) is 0 Å². The third-order valence-corrected chi connectivity index (χ3v) is 0.854. The van der Waals surface area contributed by atoms with Gasteiger partial charge in [0.15, 0.2) is 0 Å². The lowest BCUT2D eigenvalue weighted by Crippen LogP contribution is -1.95. The summed E-state index contributed by atoms with van der Waals surface area (Å²) in [6.45, 7) is 8.54. The predicted molar refractivity (Wildman–Crippen MR) is 44.5 cm³/mol. The molecule has 1 rings (SSSR count). The van der Waals surface area contributed by atoms with E-state index in [4.69, 9.17) is 4.42 Å². The summed E-state index contributed by atoms with van der Waals surface area (Å²) in [6, 6.07) is 0.495. The van der Waals surface area contributed by atoms with Crippen molar-refractivity contribution >= 4 is 6.01 Å². The summed E-state index contributed by atoms with van der Waals surface area (Å²) in [4.78, 5) is 0. The van der Waals surface area contributed by atoms with Crippen molar-refractivity contribution in [2.75, 3.05) is 11.9 Å². The van der Waals surface area contributed by atoms with Crippen molar-refractivity contribution in [3.05, 3.63) is 5.89 Å². The Balaban J connectivity index is 0.000000461. The maximum absolute atomic E-state index is 4.99. The van der Waals surface area contributed by atoms with Gasteiger partial charge >= 0.3 is 6.01 Å². The van der Waals surface area contributed by atoms with Crippen LogP contribution < -0.4 is 5.32 Å². The van der Waals surface area contributed by atoms with Crippen LogP contribution in [0.1, 0.15) is 26.7 Å². The maximum atomic E-state index is 4.99. The lowest BCUT2D eigenvalue weighted by molar-refractivity contribution is 0.532. The molecule has 0 spiro atoms. The number of hydrogen-bond acceptors (Lipinski definition) is 4. The summed E-state index contributed by atoms with van der Waals surface area (Å²) in [6.07, 6.45) is 0. The highest BCUT2D eigenvalue weighted by molar-refractivity contribution is 5.15. The van der Waals surface area contributed by atoms with E-state index in [0.717, 1.165) is 6.54 Å². The molecule has 0 aliphatic rings. The Morgan fingerprint density at radius 1 is 1.36 bits per heavy atom.